The van der Waals surface area contributed by atoms with Gasteiger partial charge in [-0.15, -0.1) is 0 Å². The number of halogens is 3. The first-order chi connectivity index (χ1) is 9.89. The van der Waals surface area contributed by atoms with Crippen molar-refractivity contribution in [1.29, 1.82) is 0 Å². The summed E-state index contributed by atoms with van der Waals surface area (Å²) in [6.45, 7) is 1.28. The second-order valence-corrected chi connectivity index (χ2v) is 4.67. The summed E-state index contributed by atoms with van der Waals surface area (Å²) in [5.41, 5.74) is -1.44. The molecule has 1 aliphatic rings. The molecule has 0 saturated carbocycles. The van der Waals surface area contributed by atoms with Gasteiger partial charge in [0, 0.05) is 0 Å². The van der Waals surface area contributed by atoms with Gasteiger partial charge in [-0.1, -0.05) is 30.3 Å². The molecule has 21 heavy (non-hydrogen) atoms. The summed E-state index contributed by atoms with van der Waals surface area (Å²) in [6.07, 6.45) is -4.96. The van der Waals surface area contributed by atoms with Crippen molar-refractivity contribution in [2.24, 2.45) is 0 Å². The minimum absolute atomic E-state index is 0.232. The maximum Gasteiger partial charge on any atom is 0.417 e. The van der Waals surface area contributed by atoms with E-state index in [0.717, 1.165) is 5.56 Å². The van der Waals surface area contributed by atoms with Gasteiger partial charge in [0.15, 0.2) is 5.60 Å². The van der Waals surface area contributed by atoms with Crippen molar-refractivity contribution in [3.63, 3.8) is 0 Å². The van der Waals surface area contributed by atoms with Crippen LogP contribution >= 0.6 is 0 Å². The minimum atomic E-state index is -4.48. The summed E-state index contributed by atoms with van der Waals surface area (Å²) in [6, 6.07) is 9.55. The lowest BCUT2D eigenvalue weighted by Crippen LogP contribution is -2.52. The summed E-state index contributed by atoms with van der Waals surface area (Å²) >= 11 is 0. The van der Waals surface area contributed by atoms with Crippen LogP contribution in [0.2, 0.25) is 0 Å². The number of hydrogen-bond donors (Lipinski definition) is 2. The number of carbonyl (C=O) groups is 1. The third kappa shape index (κ3) is 5.73. The summed E-state index contributed by atoms with van der Waals surface area (Å²) in [5, 5.41) is 11.8. The molecule has 118 valence electrons. The van der Waals surface area contributed by atoms with Gasteiger partial charge in [-0.25, -0.2) is 0 Å². The first-order valence-electron chi connectivity index (χ1n) is 6.48. The molecule has 0 amide bonds. The highest BCUT2D eigenvalue weighted by molar-refractivity contribution is 5.37. The molecule has 0 spiro atoms. The van der Waals surface area contributed by atoms with Gasteiger partial charge in [0.05, 0.1) is 0 Å². The Labute approximate surface area is 120 Å². The summed E-state index contributed by atoms with van der Waals surface area (Å²) in [5.74, 6) is 0. The quantitative estimate of drug-likeness (QED) is 0.839. The zero-order valence-corrected chi connectivity index (χ0v) is 11.4. The van der Waals surface area contributed by atoms with Crippen molar-refractivity contribution in [2.75, 3.05) is 13.1 Å². The molecule has 0 radical (unpaired) electrons. The fourth-order valence-corrected chi connectivity index (χ4v) is 1.83. The Bertz CT molecular complexity index is 417. The number of carbonyl (C=O) groups excluding carboxylic acids is 1. The van der Waals surface area contributed by atoms with Gasteiger partial charge in [-0.2, -0.15) is 13.2 Å². The average Bonchev–Trinajstić information content (AvgIpc) is 2.47. The van der Waals surface area contributed by atoms with Crippen LogP contribution in [-0.2, 0) is 16.1 Å². The van der Waals surface area contributed by atoms with Crippen LogP contribution in [0.5, 0.6) is 0 Å². The lowest BCUT2D eigenvalue weighted by Gasteiger charge is -2.34. The topological polar surface area (TPSA) is 58.6 Å². The summed E-state index contributed by atoms with van der Waals surface area (Å²) in [7, 11) is 0. The minimum Gasteiger partial charge on any atom is -0.463 e. The Balaban J connectivity index is 0.000000211. The molecule has 0 bridgehead atoms. The number of alkyl halides is 3. The first-order valence-corrected chi connectivity index (χ1v) is 6.48. The average molecular weight is 305 g/mol. The van der Waals surface area contributed by atoms with Crippen LogP contribution in [0.3, 0.4) is 0 Å². The molecule has 0 aromatic heterocycles. The van der Waals surface area contributed by atoms with Crippen LogP contribution in [0.15, 0.2) is 30.3 Å². The maximum atomic E-state index is 12.0. The number of rotatable bonds is 3. The van der Waals surface area contributed by atoms with E-state index in [4.69, 9.17) is 5.11 Å². The van der Waals surface area contributed by atoms with E-state index in [1.54, 1.807) is 0 Å². The first kappa shape index (κ1) is 17.5. The van der Waals surface area contributed by atoms with Crippen LogP contribution in [0.25, 0.3) is 0 Å². The van der Waals surface area contributed by atoms with E-state index in [2.05, 4.69) is 10.1 Å². The Morgan fingerprint density at radius 1 is 1.24 bits per heavy atom. The molecular formula is C14H18F3NO3. The van der Waals surface area contributed by atoms with E-state index in [1.165, 1.54) is 0 Å². The molecule has 1 heterocycles. The summed E-state index contributed by atoms with van der Waals surface area (Å²) in [4.78, 5) is 9.76. The van der Waals surface area contributed by atoms with E-state index in [9.17, 15) is 18.0 Å². The van der Waals surface area contributed by atoms with Crippen molar-refractivity contribution < 1.29 is 27.8 Å². The lowest BCUT2D eigenvalue weighted by atomic mass is 9.92. The Morgan fingerprint density at radius 2 is 1.81 bits per heavy atom. The largest absolute Gasteiger partial charge is 0.463 e. The highest BCUT2D eigenvalue weighted by Crippen LogP contribution is 2.36. The number of aliphatic hydroxyl groups is 1. The predicted molar refractivity (Wildman–Crippen MR) is 70.4 cm³/mol. The van der Waals surface area contributed by atoms with Gasteiger partial charge in [0.1, 0.15) is 6.61 Å². The van der Waals surface area contributed by atoms with Crippen molar-refractivity contribution >= 4 is 6.47 Å². The fraction of sp³-hybridized carbons (Fsp3) is 0.500. The molecule has 7 heteroatoms. The lowest BCUT2D eigenvalue weighted by molar-refractivity contribution is -0.267. The number of nitrogens with one attached hydrogen (secondary N) is 1. The second kappa shape index (κ2) is 7.99. The van der Waals surface area contributed by atoms with E-state index < -0.39 is 11.8 Å². The number of ether oxygens (including phenoxy) is 1. The number of hydrogen-bond acceptors (Lipinski definition) is 4. The molecular weight excluding hydrogens is 287 g/mol. The maximum absolute atomic E-state index is 12.0. The highest BCUT2D eigenvalue weighted by atomic mass is 19.4. The SMILES string of the molecule is O=COCc1ccccc1.OC1(C(F)(F)F)CCNCC1. The third-order valence-corrected chi connectivity index (χ3v) is 3.12. The zero-order valence-electron chi connectivity index (χ0n) is 11.4. The van der Waals surface area contributed by atoms with E-state index >= 15 is 0 Å². The van der Waals surface area contributed by atoms with Gasteiger partial charge in [0.25, 0.3) is 6.47 Å². The standard InChI is InChI=1S/C8H8O2.C6H10F3NO/c9-7-10-6-8-4-2-1-3-5-8;7-6(8,9)5(11)1-3-10-4-2-5/h1-5,7H,6H2;10-11H,1-4H2. The molecule has 0 unspecified atom stereocenters. The molecule has 4 nitrogen and oxygen atoms in total. The molecule has 1 fully saturated rings. The van der Waals surface area contributed by atoms with Crippen molar-refractivity contribution in [1.82, 2.24) is 5.32 Å². The van der Waals surface area contributed by atoms with E-state index in [1.807, 2.05) is 30.3 Å². The van der Waals surface area contributed by atoms with Crippen LogP contribution in [0.1, 0.15) is 18.4 Å². The van der Waals surface area contributed by atoms with Gasteiger partial charge >= 0.3 is 6.18 Å². The Morgan fingerprint density at radius 3 is 2.24 bits per heavy atom. The Kier molecular flexibility index (Phi) is 6.64. The second-order valence-electron chi connectivity index (χ2n) is 4.67. The molecule has 1 aromatic rings. The molecule has 1 aliphatic heterocycles. The summed E-state index contributed by atoms with van der Waals surface area (Å²) < 4.78 is 40.7. The van der Waals surface area contributed by atoms with Crippen LogP contribution in [0, 0.1) is 0 Å². The fourth-order valence-electron chi connectivity index (χ4n) is 1.83. The molecule has 0 aliphatic carbocycles. The molecule has 2 rings (SSSR count). The number of piperidine rings is 1. The molecule has 1 aromatic carbocycles. The normalized spacial score (nSPS) is 17.3. The van der Waals surface area contributed by atoms with Gasteiger partial charge < -0.3 is 15.2 Å². The highest BCUT2D eigenvalue weighted by Gasteiger charge is 2.53. The van der Waals surface area contributed by atoms with Crippen molar-refractivity contribution in [3.05, 3.63) is 35.9 Å². The van der Waals surface area contributed by atoms with Gasteiger partial charge in [-0.3, -0.25) is 4.79 Å². The van der Waals surface area contributed by atoms with E-state index in [-0.39, 0.29) is 25.9 Å². The molecule has 0 atom stereocenters. The molecule has 2 N–H and O–H groups in total. The molecule has 1 saturated heterocycles. The third-order valence-electron chi connectivity index (χ3n) is 3.12. The van der Waals surface area contributed by atoms with E-state index in [0.29, 0.717) is 13.1 Å². The predicted octanol–water partition coefficient (Wildman–Crippen LogP) is 2.02. The van der Waals surface area contributed by atoms with Crippen molar-refractivity contribution in [2.45, 2.75) is 31.2 Å². The monoisotopic (exact) mass is 305 g/mol. The van der Waals surface area contributed by atoms with Gasteiger partial charge in [-0.05, 0) is 31.5 Å². The van der Waals surface area contributed by atoms with Crippen LogP contribution < -0.4 is 5.32 Å². The van der Waals surface area contributed by atoms with Crippen LogP contribution in [0.4, 0.5) is 13.2 Å². The zero-order chi connectivity index (χ0) is 15.8. The smallest absolute Gasteiger partial charge is 0.417 e. The van der Waals surface area contributed by atoms with Crippen molar-refractivity contribution in [3.8, 4) is 0 Å². The number of benzene rings is 1. The van der Waals surface area contributed by atoms with Gasteiger partial charge in [0.2, 0.25) is 0 Å². The van der Waals surface area contributed by atoms with Crippen LogP contribution in [-0.4, -0.2) is 36.4 Å². The Hall–Kier alpha value is -1.60.